The number of fused-ring (bicyclic) bond motifs is 3. The summed E-state index contributed by atoms with van der Waals surface area (Å²) in [6.07, 6.45) is 7.46. The van der Waals surface area contributed by atoms with Crippen molar-refractivity contribution in [3.05, 3.63) is 151 Å². The van der Waals surface area contributed by atoms with Gasteiger partial charge in [0.15, 0.2) is 0 Å². The van der Waals surface area contributed by atoms with Gasteiger partial charge in [-0.25, -0.2) is 9.97 Å². The second-order valence-electron chi connectivity index (χ2n) is 14.6. The number of aromatic nitrogens is 5. The van der Waals surface area contributed by atoms with E-state index in [0.29, 0.717) is 11.9 Å². The first kappa shape index (κ1) is 34.7. The second kappa shape index (κ2) is 14.6. The fraction of sp³-hybridized carbons (Fsp3) is 0.191. The number of hydrogen-bond acceptors (Lipinski definition) is 6. The predicted octanol–water partition coefficient (Wildman–Crippen LogP) is 12.7. The summed E-state index contributed by atoms with van der Waals surface area (Å²) in [6.45, 7) is 13.0. The van der Waals surface area contributed by atoms with E-state index < -0.39 is 0 Å². The van der Waals surface area contributed by atoms with Crippen LogP contribution in [0.4, 0.5) is 0 Å². The van der Waals surface area contributed by atoms with Crippen LogP contribution in [0.15, 0.2) is 134 Å². The molecule has 0 amide bonds. The molecule has 0 bridgehead atoms. The van der Waals surface area contributed by atoms with E-state index in [1.165, 1.54) is 0 Å². The topological polar surface area (TPSA) is 75.0 Å². The first-order valence-electron chi connectivity index (χ1n) is 18.6. The molecule has 0 saturated carbocycles. The van der Waals surface area contributed by atoms with Crippen LogP contribution in [-0.4, -0.2) is 24.5 Å². The van der Waals surface area contributed by atoms with E-state index in [4.69, 9.17) is 19.4 Å². The van der Waals surface area contributed by atoms with Crippen LogP contribution in [0, 0.1) is 0 Å². The third-order valence-electron chi connectivity index (χ3n) is 9.88. The lowest BCUT2D eigenvalue weighted by atomic mass is 9.99. The Kier molecular flexibility index (Phi) is 9.38. The minimum absolute atomic E-state index is 0.264. The van der Waals surface area contributed by atoms with E-state index >= 15 is 0 Å². The second-order valence-corrected chi connectivity index (χ2v) is 14.6. The molecule has 268 valence electrons. The molecule has 8 aromatic rings. The van der Waals surface area contributed by atoms with Gasteiger partial charge in [0.05, 0.1) is 22.4 Å². The fourth-order valence-corrected chi connectivity index (χ4v) is 6.90. The van der Waals surface area contributed by atoms with Crippen LogP contribution in [-0.2, 0) is 0 Å². The molecule has 0 fully saturated rings. The van der Waals surface area contributed by atoms with Gasteiger partial charge >= 0.3 is 0 Å². The zero-order valence-electron chi connectivity index (χ0n) is 31.5. The summed E-state index contributed by atoms with van der Waals surface area (Å²) < 4.78 is 15.6. The maximum absolute atomic E-state index is 6.75. The molecule has 0 radical (unpaired) electrons. The molecule has 0 atom stereocenters. The number of hydrogen-bond donors (Lipinski definition) is 0. The minimum Gasteiger partial charge on any atom is -0.457 e. The van der Waals surface area contributed by atoms with Crippen LogP contribution in [0.25, 0.3) is 50.3 Å². The number of ether oxygens (including phenoxy) is 2. The Bertz CT molecular complexity index is 2420. The van der Waals surface area contributed by atoms with Crippen molar-refractivity contribution in [2.45, 2.75) is 59.3 Å². The number of benzene rings is 4. The first-order chi connectivity index (χ1) is 26.2. The Balaban J connectivity index is 1.25. The number of rotatable bonds is 10. The van der Waals surface area contributed by atoms with Crippen LogP contribution in [0.3, 0.4) is 0 Å². The Hall–Kier alpha value is -6.34. The van der Waals surface area contributed by atoms with Gasteiger partial charge in [-0.1, -0.05) is 77.9 Å². The molecule has 0 aliphatic carbocycles. The van der Waals surface area contributed by atoms with Crippen molar-refractivity contribution in [3.8, 4) is 51.5 Å². The molecule has 0 aliphatic heterocycles. The van der Waals surface area contributed by atoms with Gasteiger partial charge in [0, 0.05) is 58.8 Å². The highest BCUT2D eigenvalue weighted by molar-refractivity contribution is 6.09. The van der Waals surface area contributed by atoms with E-state index in [2.05, 4.69) is 117 Å². The average molecular weight is 710 g/mol. The maximum atomic E-state index is 6.75. The van der Waals surface area contributed by atoms with Gasteiger partial charge in [0.1, 0.15) is 23.0 Å². The van der Waals surface area contributed by atoms with Gasteiger partial charge in [-0.15, -0.1) is 0 Å². The SMILES string of the molecule is CC(C)c1cnc(-n2c3cc(Oc4cc(-c5ccccn5)ccc4C(C)C)ccc3c3ccc(Oc4cc(-c5ccccn5)ccc4C(C)C)cc32)nc1. The molecule has 0 saturated heterocycles. The molecule has 8 rings (SSSR count). The summed E-state index contributed by atoms with van der Waals surface area (Å²) in [7, 11) is 0. The molecular formula is C47H43N5O2. The first-order valence-corrected chi connectivity index (χ1v) is 18.6. The summed E-state index contributed by atoms with van der Waals surface area (Å²) in [6, 6.07) is 37.1. The summed E-state index contributed by atoms with van der Waals surface area (Å²) in [5, 5.41) is 2.12. The lowest BCUT2D eigenvalue weighted by Gasteiger charge is -2.16. The molecule has 0 unspecified atom stereocenters. The van der Waals surface area contributed by atoms with Gasteiger partial charge in [-0.2, -0.15) is 0 Å². The highest BCUT2D eigenvalue weighted by Gasteiger charge is 2.19. The molecule has 0 spiro atoms. The molecular weight excluding hydrogens is 667 g/mol. The average Bonchev–Trinajstić information content (AvgIpc) is 3.51. The van der Waals surface area contributed by atoms with Crippen LogP contribution in [0.5, 0.6) is 23.0 Å². The van der Waals surface area contributed by atoms with Crippen molar-refractivity contribution in [2.24, 2.45) is 0 Å². The molecule has 0 N–H and O–H groups in total. The van der Waals surface area contributed by atoms with Gasteiger partial charge in [0.25, 0.3) is 0 Å². The van der Waals surface area contributed by atoms with Crippen molar-refractivity contribution in [2.75, 3.05) is 0 Å². The molecule has 7 heteroatoms. The van der Waals surface area contributed by atoms with Gasteiger partial charge < -0.3 is 9.47 Å². The molecule has 54 heavy (non-hydrogen) atoms. The quantitative estimate of drug-likeness (QED) is 0.141. The normalized spacial score (nSPS) is 11.6. The molecule has 4 aromatic heterocycles. The zero-order chi connectivity index (χ0) is 37.3. The summed E-state index contributed by atoms with van der Waals surface area (Å²) >= 11 is 0. The van der Waals surface area contributed by atoms with Gasteiger partial charge in [-0.05, 0) is 95.1 Å². The van der Waals surface area contributed by atoms with Crippen molar-refractivity contribution >= 4 is 21.8 Å². The minimum atomic E-state index is 0.264. The Morgan fingerprint density at radius 1 is 0.481 bits per heavy atom. The van der Waals surface area contributed by atoms with E-state index in [0.717, 1.165) is 84.0 Å². The van der Waals surface area contributed by atoms with Crippen LogP contribution < -0.4 is 9.47 Å². The van der Waals surface area contributed by atoms with Crippen molar-refractivity contribution in [1.82, 2.24) is 24.5 Å². The highest BCUT2D eigenvalue weighted by atomic mass is 16.5. The maximum Gasteiger partial charge on any atom is 0.234 e. The molecule has 4 heterocycles. The smallest absolute Gasteiger partial charge is 0.234 e. The van der Waals surface area contributed by atoms with Crippen molar-refractivity contribution in [1.29, 1.82) is 0 Å². The van der Waals surface area contributed by atoms with E-state index in [1.54, 1.807) is 0 Å². The standard InChI is InChI=1S/C47H43N5O2/c1-29(2)34-27-50-47(51-28-34)52-43-25-35(53-45-23-32(13-17-37(45)30(3)4)41-11-7-9-21-48-41)15-19-39(43)40-20-16-36(26-44(40)52)54-46-24-33(14-18-38(46)31(5)6)42-12-8-10-22-49-42/h7-31H,1-6H3. The van der Waals surface area contributed by atoms with Crippen molar-refractivity contribution < 1.29 is 9.47 Å². The summed E-state index contributed by atoms with van der Waals surface area (Å²) in [5.74, 6) is 4.46. The summed E-state index contributed by atoms with van der Waals surface area (Å²) in [4.78, 5) is 18.9. The lowest BCUT2D eigenvalue weighted by Crippen LogP contribution is -2.03. The molecule has 0 aliphatic rings. The largest absolute Gasteiger partial charge is 0.457 e. The monoisotopic (exact) mass is 709 g/mol. The molecule has 7 nitrogen and oxygen atoms in total. The predicted molar refractivity (Wildman–Crippen MR) is 218 cm³/mol. The number of nitrogens with zero attached hydrogens (tertiary/aromatic N) is 5. The Morgan fingerprint density at radius 3 is 1.37 bits per heavy atom. The Labute approximate surface area is 316 Å². The Morgan fingerprint density at radius 2 is 0.963 bits per heavy atom. The third-order valence-corrected chi connectivity index (χ3v) is 9.88. The van der Waals surface area contributed by atoms with Crippen LogP contribution >= 0.6 is 0 Å². The van der Waals surface area contributed by atoms with Gasteiger partial charge in [0.2, 0.25) is 5.95 Å². The zero-order valence-corrected chi connectivity index (χ0v) is 31.5. The third kappa shape index (κ3) is 6.81. The summed E-state index contributed by atoms with van der Waals surface area (Å²) in [5.41, 5.74) is 9.00. The van der Waals surface area contributed by atoms with E-state index in [9.17, 15) is 0 Å². The van der Waals surface area contributed by atoms with Gasteiger partial charge in [-0.3, -0.25) is 14.5 Å². The molecule has 4 aromatic carbocycles. The number of pyridine rings is 2. The fourth-order valence-electron chi connectivity index (χ4n) is 6.90. The van der Waals surface area contributed by atoms with E-state index in [1.807, 2.05) is 73.3 Å². The van der Waals surface area contributed by atoms with Crippen LogP contribution in [0.2, 0.25) is 0 Å². The van der Waals surface area contributed by atoms with Crippen molar-refractivity contribution in [3.63, 3.8) is 0 Å². The van der Waals surface area contributed by atoms with Crippen LogP contribution in [0.1, 0.15) is 76.0 Å². The lowest BCUT2D eigenvalue weighted by molar-refractivity contribution is 0.474. The van der Waals surface area contributed by atoms with E-state index in [-0.39, 0.29) is 11.8 Å². The highest BCUT2D eigenvalue weighted by Crippen LogP contribution is 2.40.